The zero-order chi connectivity index (χ0) is 11.5. The van der Waals surface area contributed by atoms with Gasteiger partial charge in [0, 0.05) is 18.9 Å². The smallest absolute Gasteiger partial charge is 0.138 e. The molecule has 0 atom stereocenters. The molecule has 16 heavy (non-hydrogen) atoms. The Morgan fingerprint density at radius 2 is 2.25 bits per heavy atom. The van der Waals surface area contributed by atoms with Crippen LogP contribution in [0.5, 0.6) is 0 Å². The number of rotatable bonds is 3. The van der Waals surface area contributed by atoms with Crippen LogP contribution in [0.3, 0.4) is 0 Å². The van der Waals surface area contributed by atoms with Crippen molar-refractivity contribution in [2.75, 3.05) is 7.05 Å². The molecule has 84 valence electrons. The van der Waals surface area contributed by atoms with Gasteiger partial charge in [-0.05, 0) is 26.1 Å². The Kier molecular flexibility index (Phi) is 3.22. The molecule has 0 fully saturated rings. The first kappa shape index (κ1) is 11.1. The fourth-order valence-electron chi connectivity index (χ4n) is 1.52. The minimum absolute atomic E-state index is 0.653. The van der Waals surface area contributed by atoms with Gasteiger partial charge in [-0.15, -0.1) is 0 Å². The van der Waals surface area contributed by atoms with E-state index in [0.29, 0.717) is 11.6 Å². The molecule has 0 saturated heterocycles. The molecule has 0 aliphatic carbocycles. The molecule has 2 aromatic rings. The van der Waals surface area contributed by atoms with Crippen LogP contribution in [-0.2, 0) is 6.54 Å². The number of hydrogen-bond acceptors (Lipinski definition) is 3. The number of pyridine rings is 1. The van der Waals surface area contributed by atoms with Crippen molar-refractivity contribution in [2.24, 2.45) is 0 Å². The van der Waals surface area contributed by atoms with Crippen molar-refractivity contribution in [1.29, 1.82) is 0 Å². The molecule has 4 nitrogen and oxygen atoms in total. The summed E-state index contributed by atoms with van der Waals surface area (Å²) in [6, 6.07) is 3.74. The number of hydrogen-bond donors (Lipinski definition) is 1. The van der Waals surface area contributed by atoms with Gasteiger partial charge in [0.15, 0.2) is 0 Å². The summed E-state index contributed by atoms with van der Waals surface area (Å²) in [7, 11) is 1.87. The molecule has 2 rings (SSSR count). The van der Waals surface area contributed by atoms with Crippen LogP contribution in [0.2, 0.25) is 5.02 Å². The van der Waals surface area contributed by atoms with Gasteiger partial charge in [-0.1, -0.05) is 11.6 Å². The Labute approximate surface area is 99.3 Å². The summed E-state index contributed by atoms with van der Waals surface area (Å²) in [5.41, 5.74) is 0.842. The average Bonchev–Trinajstić information content (AvgIpc) is 2.68. The first-order valence-corrected chi connectivity index (χ1v) is 5.40. The Hall–Kier alpha value is -1.39. The maximum Gasteiger partial charge on any atom is 0.138 e. The van der Waals surface area contributed by atoms with Gasteiger partial charge < -0.3 is 5.32 Å². The maximum atomic E-state index is 6.05. The lowest BCUT2D eigenvalue weighted by Gasteiger charge is -2.08. The van der Waals surface area contributed by atoms with E-state index in [0.717, 1.165) is 17.3 Å². The summed E-state index contributed by atoms with van der Waals surface area (Å²) in [5.74, 6) is 1.75. The van der Waals surface area contributed by atoms with Crippen molar-refractivity contribution in [2.45, 2.75) is 13.5 Å². The van der Waals surface area contributed by atoms with E-state index in [1.165, 1.54) is 0 Å². The van der Waals surface area contributed by atoms with Crippen LogP contribution in [0.4, 0.5) is 0 Å². The van der Waals surface area contributed by atoms with Crippen molar-refractivity contribution in [3.05, 3.63) is 41.1 Å². The van der Waals surface area contributed by atoms with E-state index in [1.54, 1.807) is 6.20 Å². The molecule has 0 aromatic carbocycles. The van der Waals surface area contributed by atoms with E-state index in [1.807, 2.05) is 36.9 Å². The molecule has 1 N–H and O–H groups in total. The quantitative estimate of drug-likeness (QED) is 0.886. The fraction of sp³-hybridized carbons (Fsp3) is 0.273. The highest BCUT2D eigenvalue weighted by Gasteiger charge is 2.06. The van der Waals surface area contributed by atoms with Crippen LogP contribution < -0.4 is 5.32 Å². The van der Waals surface area contributed by atoms with E-state index in [9.17, 15) is 0 Å². The zero-order valence-corrected chi connectivity index (χ0v) is 9.99. The van der Waals surface area contributed by atoms with Gasteiger partial charge in [0.1, 0.15) is 11.6 Å². The van der Waals surface area contributed by atoms with Crippen molar-refractivity contribution in [1.82, 2.24) is 19.9 Å². The van der Waals surface area contributed by atoms with Crippen LogP contribution in [0, 0.1) is 6.92 Å². The maximum absolute atomic E-state index is 6.05. The van der Waals surface area contributed by atoms with E-state index >= 15 is 0 Å². The van der Waals surface area contributed by atoms with Gasteiger partial charge in [0.05, 0.1) is 10.7 Å². The average molecular weight is 237 g/mol. The van der Waals surface area contributed by atoms with Crippen molar-refractivity contribution in [3.63, 3.8) is 0 Å². The van der Waals surface area contributed by atoms with Gasteiger partial charge in [-0.2, -0.15) is 0 Å². The number of aromatic nitrogens is 3. The second kappa shape index (κ2) is 4.63. The highest BCUT2D eigenvalue weighted by atomic mass is 35.5. The summed E-state index contributed by atoms with van der Waals surface area (Å²) in [6.07, 6.45) is 3.64. The van der Waals surface area contributed by atoms with Gasteiger partial charge in [0.25, 0.3) is 0 Å². The molecule has 0 aliphatic rings. The number of nitrogens with zero attached hydrogens (tertiary/aromatic N) is 3. The molecule has 2 heterocycles. The van der Waals surface area contributed by atoms with Gasteiger partial charge in [-0.25, -0.2) is 9.97 Å². The molecular formula is C11H13ClN4. The minimum atomic E-state index is 0.653. The fourth-order valence-corrected chi connectivity index (χ4v) is 1.69. The molecular weight excluding hydrogens is 224 g/mol. The molecule has 2 aromatic heterocycles. The summed E-state index contributed by atoms with van der Waals surface area (Å²) < 4.78 is 1.93. The van der Waals surface area contributed by atoms with Crippen LogP contribution in [0.1, 0.15) is 11.5 Å². The molecule has 0 spiro atoms. The standard InChI is InChI=1S/C11H13ClN4/c1-8-14-5-6-16(8)11-4-3-9(12)10(15-11)7-13-2/h3-6,13H,7H2,1-2H3. The largest absolute Gasteiger partial charge is 0.314 e. The Morgan fingerprint density at radius 1 is 1.44 bits per heavy atom. The summed E-state index contributed by atoms with van der Waals surface area (Å²) in [5, 5.41) is 3.72. The second-order valence-electron chi connectivity index (χ2n) is 3.47. The lowest BCUT2D eigenvalue weighted by molar-refractivity contribution is 0.781. The van der Waals surface area contributed by atoms with Crippen molar-refractivity contribution < 1.29 is 0 Å². The molecule has 5 heteroatoms. The summed E-state index contributed by atoms with van der Waals surface area (Å²) in [4.78, 5) is 8.66. The van der Waals surface area contributed by atoms with Crippen LogP contribution >= 0.6 is 11.6 Å². The van der Waals surface area contributed by atoms with Crippen LogP contribution in [0.25, 0.3) is 5.82 Å². The van der Waals surface area contributed by atoms with Crippen LogP contribution in [-0.4, -0.2) is 21.6 Å². The third kappa shape index (κ3) is 2.08. The monoisotopic (exact) mass is 236 g/mol. The minimum Gasteiger partial charge on any atom is -0.314 e. The van der Waals surface area contributed by atoms with E-state index in [-0.39, 0.29) is 0 Å². The molecule has 0 unspecified atom stereocenters. The highest BCUT2D eigenvalue weighted by molar-refractivity contribution is 6.31. The Balaban J connectivity index is 2.43. The topological polar surface area (TPSA) is 42.7 Å². The Morgan fingerprint density at radius 3 is 2.88 bits per heavy atom. The SMILES string of the molecule is CNCc1nc(-n2ccnc2C)ccc1Cl. The van der Waals surface area contributed by atoms with Crippen LogP contribution in [0.15, 0.2) is 24.5 Å². The lowest BCUT2D eigenvalue weighted by Crippen LogP contribution is -2.09. The summed E-state index contributed by atoms with van der Waals surface area (Å²) in [6.45, 7) is 2.59. The number of imidazole rings is 1. The molecule has 0 amide bonds. The molecule has 0 radical (unpaired) electrons. The number of aryl methyl sites for hydroxylation is 1. The zero-order valence-electron chi connectivity index (χ0n) is 9.24. The van der Waals surface area contributed by atoms with Crippen molar-refractivity contribution >= 4 is 11.6 Å². The van der Waals surface area contributed by atoms with E-state index in [2.05, 4.69) is 15.3 Å². The van der Waals surface area contributed by atoms with E-state index < -0.39 is 0 Å². The lowest BCUT2D eigenvalue weighted by atomic mass is 10.3. The predicted molar refractivity (Wildman–Crippen MR) is 63.9 cm³/mol. The van der Waals surface area contributed by atoms with Gasteiger partial charge in [0.2, 0.25) is 0 Å². The molecule has 0 aliphatic heterocycles. The van der Waals surface area contributed by atoms with Crippen molar-refractivity contribution in [3.8, 4) is 5.82 Å². The predicted octanol–water partition coefficient (Wildman–Crippen LogP) is 1.95. The third-order valence-electron chi connectivity index (χ3n) is 2.32. The van der Waals surface area contributed by atoms with Gasteiger partial charge in [-0.3, -0.25) is 4.57 Å². The number of nitrogens with one attached hydrogen (secondary N) is 1. The first-order chi connectivity index (χ1) is 7.72. The molecule has 0 bridgehead atoms. The Bertz CT molecular complexity index is 492. The third-order valence-corrected chi connectivity index (χ3v) is 2.66. The van der Waals surface area contributed by atoms with E-state index in [4.69, 9.17) is 11.6 Å². The normalized spacial score (nSPS) is 10.7. The molecule has 0 saturated carbocycles. The van der Waals surface area contributed by atoms with Gasteiger partial charge >= 0.3 is 0 Å². The highest BCUT2D eigenvalue weighted by Crippen LogP contribution is 2.16. The summed E-state index contributed by atoms with van der Waals surface area (Å²) >= 11 is 6.05. The first-order valence-electron chi connectivity index (χ1n) is 5.02. The second-order valence-corrected chi connectivity index (χ2v) is 3.88. The number of halogens is 1.